The van der Waals surface area contributed by atoms with Gasteiger partial charge in [-0.25, -0.2) is 13.6 Å². The molecule has 14 heteroatoms. The number of rotatable bonds is 9. The number of H-pyrrole nitrogens is 2. The van der Waals surface area contributed by atoms with E-state index < -0.39 is 68.9 Å². The van der Waals surface area contributed by atoms with Gasteiger partial charge in [-0.05, 0) is 12.1 Å². The predicted molar refractivity (Wildman–Crippen MR) is 120 cm³/mol. The standard InChI is InChI=1S/C21H18ClF5N2O5S/c1-33-2-3-34-9(7-30)8-35-18-16(10-5-13(22)15(24)6-14(10)23)12(21(25,26)27)4-11-17(18)28-20(32)29-19(11)31/h4-6,9,30H,2-3,7-8H2,1H3,(H2,28,29,31,32)/t9-/m1/s1. The van der Waals surface area contributed by atoms with Crippen LogP contribution < -0.4 is 11.2 Å². The fraction of sp³-hybridized carbons (Fsp3) is 0.333. The smallest absolute Gasteiger partial charge is 0.394 e. The van der Waals surface area contributed by atoms with Gasteiger partial charge in [0.25, 0.3) is 5.56 Å². The molecule has 3 aromatic rings. The molecule has 0 unspecified atom stereocenters. The molecule has 0 aliphatic carbocycles. The first-order valence-corrected chi connectivity index (χ1v) is 11.2. The van der Waals surface area contributed by atoms with Crippen molar-refractivity contribution in [3.8, 4) is 11.1 Å². The molecule has 1 aromatic heterocycles. The highest BCUT2D eigenvalue weighted by atomic mass is 35.5. The minimum atomic E-state index is -5.08. The van der Waals surface area contributed by atoms with Gasteiger partial charge in [-0.3, -0.25) is 9.78 Å². The fourth-order valence-electron chi connectivity index (χ4n) is 3.25. The maximum atomic E-state index is 14.8. The SMILES string of the molecule is COCCO[C@H](CO)CSc1c(-c2cc(Cl)c(F)cc2F)c(C(F)(F)F)cc2c(=O)[nH]c(=O)[nH]c12. The molecule has 7 nitrogen and oxygen atoms in total. The van der Waals surface area contributed by atoms with Crippen LogP contribution in [0.3, 0.4) is 0 Å². The zero-order valence-corrected chi connectivity index (χ0v) is 19.5. The minimum Gasteiger partial charge on any atom is -0.394 e. The van der Waals surface area contributed by atoms with Crippen molar-refractivity contribution in [3.63, 3.8) is 0 Å². The van der Waals surface area contributed by atoms with E-state index in [2.05, 4.69) is 4.98 Å². The number of alkyl halides is 3. The molecule has 1 atom stereocenters. The van der Waals surface area contributed by atoms with Crippen molar-refractivity contribution in [1.29, 1.82) is 0 Å². The van der Waals surface area contributed by atoms with E-state index in [4.69, 9.17) is 21.1 Å². The maximum absolute atomic E-state index is 14.8. The van der Waals surface area contributed by atoms with Gasteiger partial charge in [0, 0.05) is 35.0 Å². The average molecular weight is 541 g/mol. The highest BCUT2D eigenvalue weighted by molar-refractivity contribution is 7.99. The van der Waals surface area contributed by atoms with Crippen molar-refractivity contribution >= 4 is 34.3 Å². The molecule has 0 aliphatic heterocycles. The first-order valence-electron chi connectivity index (χ1n) is 9.87. The fourth-order valence-corrected chi connectivity index (χ4v) is 4.64. The van der Waals surface area contributed by atoms with Crippen LogP contribution in [-0.4, -0.2) is 53.9 Å². The number of hydrogen-bond acceptors (Lipinski definition) is 6. The number of aromatic amines is 2. The summed E-state index contributed by atoms with van der Waals surface area (Å²) in [5, 5.41) is 8.44. The summed E-state index contributed by atoms with van der Waals surface area (Å²) >= 11 is 6.41. The molecule has 0 saturated carbocycles. The van der Waals surface area contributed by atoms with Gasteiger partial charge in [0.05, 0.1) is 47.4 Å². The Morgan fingerprint density at radius 3 is 2.46 bits per heavy atom. The van der Waals surface area contributed by atoms with Crippen LogP contribution in [0.5, 0.6) is 0 Å². The highest BCUT2D eigenvalue weighted by Gasteiger charge is 2.37. The second-order valence-electron chi connectivity index (χ2n) is 7.18. The van der Waals surface area contributed by atoms with Gasteiger partial charge in [0.15, 0.2) is 0 Å². The van der Waals surface area contributed by atoms with Crippen LogP contribution in [-0.2, 0) is 15.7 Å². The molecule has 35 heavy (non-hydrogen) atoms. The number of ether oxygens (including phenoxy) is 2. The van der Waals surface area contributed by atoms with Crippen LogP contribution in [0.1, 0.15) is 5.56 Å². The summed E-state index contributed by atoms with van der Waals surface area (Å²) in [4.78, 5) is 28.1. The Labute approximate surface area is 203 Å². The summed E-state index contributed by atoms with van der Waals surface area (Å²) in [5.74, 6) is -2.69. The Balaban J connectivity index is 2.33. The monoisotopic (exact) mass is 540 g/mol. The topological polar surface area (TPSA) is 104 Å². The molecule has 2 aromatic carbocycles. The third-order valence-corrected chi connectivity index (χ3v) is 6.36. The molecule has 0 saturated heterocycles. The highest BCUT2D eigenvalue weighted by Crippen LogP contribution is 2.46. The Morgan fingerprint density at radius 2 is 1.83 bits per heavy atom. The molecule has 0 amide bonds. The van der Waals surface area contributed by atoms with Gasteiger partial charge >= 0.3 is 11.9 Å². The van der Waals surface area contributed by atoms with E-state index >= 15 is 0 Å². The maximum Gasteiger partial charge on any atom is 0.417 e. The van der Waals surface area contributed by atoms with Crippen LogP contribution in [0.2, 0.25) is 5.02 Å². The number of methoxy groups -OCH3 is 1. The molecule has 0 fully saturated rings. The van der Waals surface area contributed by atoms with Crippen LogP contribution in [0, 0.1) is 11.6 Å². The summed E-state index contributed by atoms with van der Waals surface area (Å²) < 4.78 is 81.2. The Kier molecular flexibility index (Phi) is 8.59. The van der Waals surface area contributed by atoms with Crippen molar-refractivity contribution in [2.24, 2.45) is 0 Å². The lowest BCUT2D eigenvalue weighted by molar-refractivity contribution is -0.137. The number of aliphatic hydroxyl groups excluding tert-OH is 1. The van der Waals surface area contributed by atoms with Crippen LogP contribution in [0.15, 0.2) is 32.7 Å². The molecule has 3 N–H and O–H groups in total. The number of aliphatic hydroxyl groups is 1. The number of nitrogens with one attached hydrogen (secondary N) is 2. The molecule has 3 rings (SSSR count). The molecular formula is C21H18ClF5N2O5S. The second kappa shape index (κ2) is 11.1. The number of benzene rings is 2. The van der Waals surface area contributed by atoms with E-state index in [-0.39, 0.29) is 29.4 Å². The molecule has 190 valence electrons. The quantitative estimate of drug-likeness (QED) is 0.164. The molecule has 0 bridgehead atoms. The van der Waals surface area contributed by atoms with Gasteiger partial charge in [-0.15, -0.1) is 11.8 Å². The van der Waals surface area contributed by atoms with Gasteiger partial charge in [0.1, 0.15) is 11.6 Å². The molecule has 0 radical (unpaired) electrons. The summed E-state index contributed by atoms with van der Waals surface area (Å²) in [6.07, 6.45) is -5.97. The minimum absolute atomic E-state index is 0.0666. The lowest BCUT2D eigenvalue weighted by atomic mass is 9.96. The Bertz CT molecular complexity index is 1340. The second-order valence-corrected chi connectivity index (χ2v) is 8.62. The van der Waals surface area contributed by atoms with Crippen LogP contribution in [0.4, 0.5) is 22.0 Å². The lowest BCUT2D eigenvalue weighted by Gasteiger charge is -2.21. The van der Waals surface area contributed by atoms with Crippen molar-refractivity contribution in [2.45, 2.75) is 17.2 Å². The van der Waals surface area contributed by atoms with Crippen molar-refractivity contribution in [3.05, 3.63) is 61.3 Å². The van der Waals surface area contributed by atoms with Crippen molar-refractivity contribution in [1.82, 2.24) is 9.97 Å². The van der Waals surface area contributed by atoms with Crippen molar-refractivity contribution < 1.29 is 36.5 Å². The third kappa shape index (κ3) is 6.04. The lowest BCUT2D eigenvalue weighted by Crippen LogP contribution is -2.24. The Morgan fingerprint density at radius 1 is 1.11 bits per heavy atom. The number of aromatic nitrogens is 2. The molecule has 0 spiro atoms. The van der Waals surface area contributed by atoms with Crippen LogP contribution >= 0.6 is 23.4 Å². The number of fused-ring (bicyclic) bond motifs is 1. The van der Waals surface area contributed by atoms with E-state index in [1.165, 1.54) is 7.11 Å². The normalized spacial score (nSPS) is 12.9. The first-order chi connectivity index (χ1) is 16.5. The summed E-state index contributed by atoms with van der Waals surface area (Å²) in [6, 6.07) is 1.50. The van der Waals surface area contributed by atoms with Gasteiger partial charge in [0.2, 0.25) is 0 Å². The number of thioether (sulfide) groups is 1. The van der Waals surface area contributed by atoms with E-state index in [1.807, 2.05) is 4.98 Å². The first kappa shape index (κ1) is 27.1. The van der Waals surface area contributed by atoms with E-state index in [1.54, 1.807) is 0 Å². The molecule has 1 heterocycles. The van der Waals surface area contributed by atoms with Gasteiger partial charge in [-0.2, -0.15) is 13.2 Å². The number of halogens is 6. The predicted octanol–water partition coefficient (Wildman–Crippen LogP) is 3.95. The average Bonchev–Trinajstić information content (AvgIpc) is 2.77. The zero-order valence-electron chi connectivity index (χ0n) is 17.9. The molecular weight excluding hydrogens is 523 g/mol. The van der Waals surface area contributed by atoms with E-state index in [0.29, 0.717) is 30.0 Å². The summed E-state index contributed by atoms with van der Waals surface area (Å²) in [7, 11) is 1.42. The largest absolute Gasteiger partial charge is 0.417 e. The van der Waals surface area contributed by atoms with E-state index in [9.17, 15) is 36.6 Å². The van der Waals surface area contributed by atoms with Gasteiger partial charge < -0.3 is 19.6 Å². The summed E-state index contributed by atoms with van der Waals surface area (Å²) in [5.41, 5.74) is -5.29. The number of hydrogen-bond donors (Lipinski definition) is 3. The third-order valence-electron chi connectivity index (χ3n) is 4.83. The van der Waals surface area contributed by atoms with Crippen LogP contribution in [0.25, 0.3) is 22.0 Å². The molecule has 0 aliphatic rings. The Hall–Kier alpha value is -2.45. The van der Waals surface area contributed by atoms with Gasteiger partial charge in [-0.1, -0.05) is 11.6 Å². The summed E-state index contributed by atoms with van der Waals surface area (Å²) in [6.45, 7) is -0.269. The zero-order chi connectivity index (χ0) is 25.9. The van der Waals surface area contributed by atoms with E-state index in [0.717, 1.165) is 0 Å². The van der Waals surface area contributed by atoms with Crippen molar-refractivity contribution in [2.75, 3.05) is 32.7 Å².